The normalized spacial score (nSPS) is 24.5. The van der Waals surface area contributed by atoms with Gasteiger partial charge in [-0.15, -0.1) is 11.3 Å². The Hall–Kier alpha value is -0.980. The minimum atomic E-state index is 0.586. The Bertz CT molecular complexity index is 738. The molecule has 0 spiro atoms. The van der Waals surface area contributed by atoms with E-state index in [9.17, 15) is 0 Å². The van der Waals surface area contributed by atoms with Gasteiger partial charge in [-0.25, -0.2) is 0 Å². The molecule has 2 aromatic rings. The van der Waals surface area contributed by atoms with Crippen LogP contribution in [0.5, 0.6) is 0 Å². The van der Waals surface area contributed by atoms with Crippen molar-refractivity contribution in [3.8, 4) is 0 Å². The van der Waals surface area contributed by atoms with Gasteiger partial charge in [0.1, 0.15) is 11.9 Å². The maximum absolute atomic E-state index is 5.62. The van der Waals surface area contributed by atoms with Crippen LogP contribution in [0.3, 0.4) is 0 Å². The van der Waals surface area contributed by atoms with E-state index < -0.39 is 0 Å². The lowest BCUT2D eigenvalue weighted by atomic mass is 9.98. The zero-order valence-electron chi connectivity index (χ0n) is 13.2. The number of aromatic nitrogens is 3. The first-order valence-electron chi connectivity index (χ1n) is 8.23. The Balaban J connectivity index is 1.61. The minimum Gasteiger partial charge on any atom is -0.310 e. The number of rotatable bonds is 4. The summed E-state index contributed by atoms with van der Waals surface area (Å²) in [6.07, 6.45) is 4.90. The molecule has 0 bridgehead atoms. The van der Waals surface area contributed by atoms with Crippen molar-refractivity contribution in [1.82, 2.24) is 14.3 Å². The van der Waals surface area contributed by atoms with Crippen LogP contribution in [0.25, 0.3) is 0 Å². The third kappa shape index (κ3) is 2.37. The standard InChI is InChI=1S/C16H22N4S2/c1-3-13-12-7-9-22-14(12)6-8-19(13)10-20-16(21)18(2)15(17-20)11-4-5-11/h7,9,11,13H,3-6,8,10H2,1-2H3/p+1/t13-/m0/s1. The van der Waals surface area contributed by atoms with E-state index in [4.69, 9.17) is 17.3 Å². The van der Waals surface area contributed by atoms with Crippen molar-refractivity contribution in [3.05, 3.63) is 32.5 Å². The van der Waals surface area contributed by atoms with Gasteiger partial charge in [-0.2, -0.15) is 9.78 Å². The fourth-order valence-electron chi connectivity index (χ4n) is 3.73. The van der Waals surface area contributed by atoms with E-state index in [2.05, 4.69) is 34.7 Å². The highest BCUT2D eigenvalue weighted by molar-refractivity contribution is 7.71. The van der Waals surface area contributed by atoms with Crippen LogP contribution in [-0.2, 0) is 20.1 Å². The smallest absolute Gasteiger partial charge is 0.202 e. The molecule has 2 aromatic heterocycles. The molecule has 22 heavy (non-hydrogen) atoms. The quantitative estimate of drug-likeness (QED) is 0.869. The highest BCUT2D eigenvalue weighted by Crippen LogP contribution is 2.38. The van der Waals surface area contributed by atoms with E-state index in [-0.39, 0.29) is 0 Å². The van der Waals surface area contributed by atoms with Gasteiger partial charge in [0.05, 0.1) is 6.54 Å². The summed E-state index contributed by atoms with van der Waals surface area (Å²) >= 11 is 7.53. The van der Waals surface area contributed by atoms with E-state index in [0.717, 1.165) is 11.4 Å². The summed E-state index contributed by atoms with van der Waals surface area (Å²) < 4.78 is 5.06. The lowest BCUT2D eigenvalue weighted by Crippen LogP contribution is -3.12. The molecule has 0 aromatic carbocycles. The van der Waals surface area contributed by atoms with E-state index in [1.165, 1.54) is 38.1 Å². The SMILES string of the molecule is CC[C@H]1c2ccsc2CC[NH+]1Cn1nc(C2CC2)n(C)c1=S. The number of thiophene rings is 1. The Morgan fingerprint density at radius 1 is 1.45 bits per heavy atom. The molecule has 0 radical (unpaired) electrons. The zero-order chi connectivity index (χ0) is 15.3. The Labute approximate surface area is 140 Å². The maximum Gasteiger partial charge on any atom is 0.202 e. The lowest BCUT2D eigenvalue weighted by Gasteiger charge is -2.31. The molecular formula is C16H23N4S2+. The van der Waals surface area contributed by atoms with E-state index >= 15 is 0 Å². The largest absolute Gasteiger partial charge is 0.310 e. The number of fused-ring (bicyclic) bond motifs is 1. The number of hydrogen-bond donors (Lipinski definition) is 1. The Kier molecular flexibility index (Phi) is 3.71. The van der Waals surface area contributed by atoms with Crippen molar-refractivity contribution >= 4 is 23.6 Å². The molecule has 4 nitrogen and oxygen atoms in total. The van der Waals surface area contributed by atoms with Crippen LogP contribution in [0.1, 0.15) is 54.4 Å². The van der Waals surface area contributed by atoms with Gasteiger partial charge < -0.3 is 9.47 Å². The second-order valence-corrected chi connectivity index (χ2v) is 7.92. The van der Waals surface area contributed by atoms with Gasteiger partial charge in [-0.05, 0) is 36.5 Å². The number of nitrogens with zero attached hydrogens (tertiary/aromatic N) is 3. The van der Waals surface area contributed by atoms with Crippen molar-refractivity contribution < 1.29 is 4.90 Å². The third-order valence-corrected chi connectivity index (χ3v) is 6.58. The van der Waals surface area contributed by atoms with E-state index in [1.807, 2.05) is 11.3 Å². The molecule has 2 atom stereocenters. The third-order valence-electron chi connectivity index (χ3n) is 5.10. The van der Waals surface area contributed by atoms with Crippen LogP contribution in [-0.4, -0.2) is 20.9 Å². The van der Waals surface area contributed by atoms with Crippen LogP contribution >= 0.6 is 23.6 Å². The monoisotopic (exact) mass is 335 g/mol. The fourth-order valence-corrected chi connectivity index (χ4v) is 4.87. The number of hydrogen-bond acceptors (Lipinski definition) is 3. The Morgan fingerprint density at radius 2 is 2.27 bits per heavy atom. The zero-order valence-corrected chi connectivity index (χ0v) is 14.8. The summed E-state index contributed by atoms with van der Waals surface area (Å²) in [4.78, 5) is 3.18. The summed E-state index contributed by atoms with van der Waals surface area (Å²) in [5, 5.41) is 7.08. The summed E-state index contributed by atoms with van der Waals surface area (Å²) in [5.74, 6) is 1.83. The second kappa shape index (κ2) is 5.58. The van der Waals surface area contributed by atoms with Crippen LogP contribution in [0.2, 0.25) is 0 Å². The van der Waals surface area contributed by atoms with Gasteiger partial charge in [0.15, 0.2) is 6.67 Å². The molecule has 1 N–H and O–H groups in total. The van der Waals surface area contributed by atoms with Gasteiger partial charge in [0.25, 0.3) is 0 Å². The molecule has 1 aliphatic carbocycles. The summed E-state index contributed by atoms with van der Waals surface area (Å²) in [6.45, 7) is 4.38. The van der Waals surface area contributed by atoms with Crippen molar-refractivity contribution in [3.63, 3.8) is 0 Å². The molecule has 4 rings (SSSR count). The van der Waals surface area contributed by atoms with Crippen molar-refractivity contribution in [2.45, 2.75) is 51.2 Å². The second-order valence-electron chi connectivity index (χ2n) is 6.55. The van der Waals surface area contributed by atoms with Crippen LogP contribution in [0, 0.1) is 4.77 Å². The number of nitrogens with one attached hydrogen (secondary N) is 1. The molecule has 6 heteroatoms. The average Bonchev–Trinajstić information content (AvgIpc) is 3.19. The summed E-state index contributed by atoms with van der Waals surface area (Å²) in [5.41, 5.74) is 1.55. The lowest BCUT2D eigenvalue weighted by molar-refractivity contribution is -0.956. The molecule has 1 aliphatic heterocycles. The van der Waals surface area contributed by atoms with Gasteiger partial charge in [-0.3, -0.25) is 0 Å². The van der Waals surface area contributed by atoms with Gasteiger partial charge in [-0.1, -0.05) is 6.92 Å². The first kappa shape index (κ1) is 14.6. The maximum atomic E-state index is 5.62. The molecule has 0 saturated heterocycles. The summed E-state index contributed by atoms with van der Waals surface area (Å²) in [7, 11) is 2.07. The van der Waals surface area contributed by atoms with E-state index in [1.54, 1.807) is 15.3 Å². The molecule has 2 aliphatic rings. The highest BCUT2D eigenvalue weighted by atomic mass is 32.1. The fraction of sp³-hybridized carbons (Fsp3) is 0.625. The molecule has 118 valence electrons. The minimum absolute atomic E-state index is 0.586. The highest BCUT2D eigenvalue weighted by Gasteiger charge is 2.33. The van der Waals surface area contributed by atoms with Crippen molar-refractivity contribution in [2.75, 3.05) is 6.54 Å². The van der Waals surface area contributed by atoms with Crippen LogP contribution in [0.4, 0.5) is 0 Å². The molecule has 1 unspecified atom stereocenters. The number of quaternary nitrogens is 1. The average molecular weight is 336 g/mol. The molecule has 3 heterocycles. The van der Waals surface area contributed by atoms with Gasteiger partial charge in [0.2, 0.25) is 4.77 Å². The predicted molar refractivity (Wildman–Crippen MR) is 90.9 cm³/mol. The molecular weight excluding hydrogens is 312 g/mol. The molecule has 0 amide bonds. The van der Waals surface area contributed by atoms with Gasteiger partial charge >= 0.3 is 0 Å². The van der Waals surface area contributed by atoms with Crippen molar-refractivity contribution in [1.29, 1.82) is 0 Å². The molecule has 1 saturated carbocycles. The summed E-state index contributed by atoms with van der Waals surface area (Å²) in [6, 6.07) is 2.91. The first-order chi connectivity index (χ1) is 10.7. The van der Waals surface area contributed by atoms with Crippen LogP contribution < -0.4 is 4.90 Å². The van der Waals surface area contributed by atoms with Crippen molar-refractivity contribution in [2.24, 2.45) is 7.05 Å². The Morgan fingerprint density at radius 3 is 3.00 bits per heavy atom. The van der Waals surface area contributed by atoms with Crippen LogP contribution in [0.15, 0.2) is 11.4 Å². The molecule has 1 fully saturated rings. The van der Waals surface area contributed by atoms with E-state index in [0.29, 0.717) is 12.0 Å². The van der Waals surface area contributed by atoms with Gasteiger partial charge in [0, 0.05) is 36.2 Å². The first-order valence-corrected chi connectivity index (χ1v) is 9.52. The topological polar surface area (TPSA) is 27.2 Å². The predicted octanol–water partition coefficient (Wildman–Crippen LogP) is 2.44.